The molecular formula is C20H20N2O5S. The van der Waals surface area contributed by atoms with Crippen molar-refractivity contribution < 1.29 is 22.4 Å². The van der Waals surface area contributed by atoms with Gasteiger partial charge in [-0.05, 0) is 61.5 Å². The highest BCUT2D eigenvalue weighted by Gasteiger charge is 2.15. The predicted octanol–water partition coefficient (Wildman–Crippen LogP) is 3.41. The molecule has 1 aromatic heterocycles. The molecule has 146 valence electrons. The number of furan rings is 1. The number of hydrogen-bond donors (Lipinski definition) is 2. The van der Waals surface area contributed by atoms with E-state index in [1.165, 1.54) is 24.5 Å². The zero-order valence-corrected chi connectivity index (χ0v) is 16.0. The van der Waals surface area contributed by atoms with Gasteiger partial charge in [-0.3, -0.25) is 9.52 Å². The molecule has 28 heavy (non-hydrogen) atoms. The van der Waals surface area contributed by atoms with Gasteiger partial charge in [-0.15, -0.1) is 0 Å². The molecule has 2 N–H and O–H groups in total. The van der Waals surface area contributed by atoms with Crippen LogP contribution in [0.5, 0.6) is 5.75 Å². The molecule has 0 saturated heterocycles. The summed E-state index contributed by atoms with van der Waals surface area (Å²) in [4.78, 5) is 12.4. The summed E-state index contributed by atoms with van der Waals surface area (Å²) in [5.41, 5.74) is 0.623. The van der Waals surface area contributed by atoms with Gasteiger partial charge in [0.05, 0.1) is 24.3 Å². The molecule has 0 saturated carbocycles. The summed E-state index contributed by atoms with van der Waals surface area (Å²) >= 11 is 0. The van der Waals surface area contributed by atoms with Crippen LogP contribution in [0.3, 0.4) is 0 Å². The van der Waals surface area contributed by atoms with Gasteiger partial charge in [0.1, 0.15) is 11.5 Å². The lowest BCUT2D eigenvalue weighted by Crippen LogP contribution is -2.22. The number of sulfonamides is 1. The first-order valence-corrected chi connectivity index (χ1v) is 10.1. The smallest absolute Gasteiger partial charge is 0.261 e. The third-order valence-electron chi connectivity index (χ3n) is 3.83. The summed E-state index contributed by atoms with van der Waals surface area (Å²) in [5.74, 6) is 0.885. The first kappa shape index (κ1) is 19.5. The van der Waals surface area contributed by atoms with E-state index < -0.39 is 10.0 Å². The highest BCUT2D eigenvalue weighted by atomic mass is 32.2. The lowest BCUT2D eigenvalue weighted by Gasteiger charge is -2.10. The molecule has 0 aliphatic rings. The Balaban J connectivity index is 1.69. The van der Waals surface area contributed by atoms with E-state index in [0.717, 1.165) is 0 Å². The Labute approximate surface area is 163 Å². The van der Waals surface area contributed by atoms with Crippen LogP contribution < -0.4 is 14.8 Å². The number of anilines is 1. The summed E-state index contributed by atoms with van der Waals surface area (Å²) in [6, 6.07) is 15.9. The van der Waals surface area contributed by atoms with E-state index in [2.05, 4.69) is 10.0 Å². The van der Waals surface area contributed by atoms with Crippen molar-refractivity contribution in [3.05, 3.63) is 78.3 Å². The normalized spacial score (nSPS) is 11.0. The first-order chi connectivity index (χ1) is 13.5. The molecule has 0 atom stereocenters. The Morgan fingerprint density at radius 2 is 1.86 bits per heavy atom. The van der Waals surface area contributed by atoms with Crippen LogP contribution in [-0.2, 0) is 16.6 Å². The topological polar surface area (TPSA) is 97.6 Å². The summed E-state index contributed by atoms with van der Waals surface area (Å²) in [5, 5.41) is 2.72. The maximum absolute atomic E-state index is 12.6. The molecule has 1 heterocycles. The fourth-order valence-corrected chi connectivity index (χ4v) is 3.55. The molecule has 0 spiro atoms. The van der Waals surface area contributed by atoms with Gasteiger partial charge in [0.2, 0.25) is 0 Å². The van der Waals surface area contributed by atoms with Crippen molar-refractivity contribution in [3.63, 3.8) is 0 Å². The molecule has 0 aliphatic heterocycles. The molecule has 0 radical (unpaired) electrons. The quantitative estimate of drug-likeness (QED) is 0.604. The number of nitrogens with one attached hydrogen (secondary N) is 2. The highest BCUT2D eigenvalue weighted by Crippen LogP contribution is 2.20. The lowest BCUT2D eigenvalue weighted by molar-refractivity contribution is 0.0948. The largest absolute Gasteiger partial charge is 0.494 e. The van der Waals surface area contributed by atoms with Crippen LogP contribution in [0.2, 0.25) is 0 Å². The van der Waals surface area contributed by atoms with Crippen LogP contribution in [0, 0.1) is 0 Å². The molecular weight excluding hydrogens is 380 g/mol. The molecule has 0 unspecified atom stereocenters. The minimum atomic E-state index is -3.79. The minimum Gasteiger partial charge on any atom is -0.494 e. The number of ether oxygens (including phenoxy) is 1. The highest BCUT2D eigenvalue weighted by molar-refractivity contribution is 7.92. The molecule has 8 heteroatoms. The van der Waals surface area contributed by atoms with E-state index in [1.54, 1.807) is 42.5 Å². The van der Waals surface area contributed by atoms with Crippen molar-refractivity contribution in [3.8, 4) is 5.75 Å². The molecule has 3 rings (SSSR count). The van der Waals surface area contributed by atoms with E-state index in [1.807, 2.05) is 6.92 Å². The van der Waals surface area contributed by atoms with Gasteiger partial charge in [-0.1, -0.05) is 6.07 Å². The maximum Gasteiger partial charge on any atom is 0.261 e. The second-order valence-corrected chi connectivity index (χ2v) is 7.54. The van der Waals surface area contributed by atoms with Gasteiger partial charge in [-0.25, -0.2) is 8.42 Å². The minimum absolute atomic E-state index is 0.101. The maximum atomic E-state index is 12.6. The van der Waals surface area contributed by atoms with Crippen LogP contribution in [0.1, 0.15) is 23.0 Å². The van der Waals surface area contributed by atoms with Crippen LogP contribution in [0.15, 0.2) is 76.2 Å². The Bertz CT molecular complexity index is 1030. The second kappa shape index (κ2) is 8.62. The summed E-state index contributed by atoms with van der Waals surface area (Å²) < 4.78 is 38.1. The number of rotatable bonds is 8. The van der Waals surface area contributed by atoms with Crippen molar-refractivity contribution in [1.29, 1.82) is 0 Å². The fourth-order valence-electron chi connectivity index (χ4n) is 2.50. The number of carbonyl (C=O) groups excluding carboxylic acids is 1. The van der Waals surface area contributed by atoms with Crippen molar-refractivity contribution >= 4 is 21.6 Å². The van der Waals surface area contributed by atoms with Gasteiger partial charge in [-0.2, -0.15) is 0 Å². The van der Waals surface area contributed by atoms with E-state index >= 15 is 0 Å². The molecule has 7 nitrogen and oxygen atoms in total. The standard InChI is InChI=1S/C20H20N2O5S/c1-2-26-17-8-10-19(11-9-17)28(24,25)22-16-6-3-5-15(13-16)20(23)21-14-18-7-4-12-27-18/h3-13,22H,2,14H2,1H3,(H,21,23). The number of benzene rings is 2. The zero-order valence-electron chi connectivity index (χ0n) is 15.2. The monoisotopic (exact) mass is 400 g/mol. The predicted molar refractivity (Wildman–Crippen MR) is 105 cm³/mol. The van der Waals surface area contributed by atoms with Gasteiger partial charge in [0, 0.05) is 11.3 Å². The van der Waals surface area contributed by atoms with Crippen molar-refractivity contribution in [1.82, 2.24) is 5.32 Å². The van der Waals surface area contributed by atoms with Crippen molar-refractivity contribution in [2.75, 3.05) is 11.3 Å². The lowest BCUT2D eigenvalue weighted by atomic mass is 10.2. The number of amides is 1. The molecule has 3 aromatic rings. The van der Waals surface area contributed by atoms with Crippen molar-refractivity contribution in [2.24, 2.45) is 0 Å². The molecule has 0 fully saturated rings. The Kier molecular flexibility index (Phi) is 6.00. The van der Waals surface area contributed by atoms with E-state index in [0.29, 0.717) is 29.4 Å². The van der Waals surface area contributed by atoms with Crippen LogP contribution in [0.25, 0.3) is 0 Å². The third-order valence-corrected chi connectivity index (χ3v) is 5.22. The van der Waals surface area contributed by atoms with Crippen LogP contribution in [0.4, 0.5) is 5.69 Å². The van der Waals surface area contributed by atoms with Gasteiger partial charge in [0.15, 0.2) is 0 Å². The molecule has 0 bridgehead atoms. The van der Waals surface area contributed by atoms with E-state index in [4.69, 9.17) is 9.15 Å². The van der Waals surface area contributed by atoms with Crippen LogP contribution in [-0.4, -0.2) is 20.9 Å². The SMILES string of the molecule is CCOc1ccc(S(=O)(=O)Nc2cccc(C(=O)NCc3ccco3)c2)cc1. The van der Waals surface area contributed by atoms with E-state index in [-0.39, 0.29) is 17.3 Å². The van der Waals surface area contributed by atoms with Crippen LogP contribution >= 0.6 is 0 Å². The second-order valence-electron chi connectivity index (χ2n) is 5.85. The fraction of sp³-hybridized carbons (Fsp3) is 0.150. The van der Waals surface area contributed by atoms with E-state index in [9.17, 15) is 13.2 Å². The number of carbonyl (C=O) groups is 1. The average molecular weight is 400 g/mol. The first-order valence-electron chi connectivity index (χ1n) is 8.64. The third kappa shape index (κ3) is 4.92. The average Bonchev–Trinajstić information content (AvgIpc) is 3.20. The van der Waals surface area contributed by atoms with Gasteiger partial charge in [0.25, 0.3) is 15.9 Å². The summed E-state index contributed by atoms with van der Waals surface area (Å²) in [6.45, 7) is 2.59. The summed E-state index contributed by atoms with van der Waals surface area (Å²) in [6.07, 6.45) is 1.53. The van der Waals surface area contributed by atoms with Gasteiger partial charge >= 0.3 is 0 Å². The molecule has 0 aliphatic carbocycles. The Morgan fingerprint density at radius 1 is 1.07 bits per heavy atom. The van der Waals surface area contributed by atoms with Crippen molar-refractivity contribution in [2.45, 2.75) is 18.4 Å². The molecule has 2 aromatic carbocycles. The summed E-state index contributed by atoms with van der Waals surface area (Å²) in [7, 11) is -3.79. The van der Waals surface area contributed by atoms with Gasteiger partial charge < -0.3 is 14.5 Å². The Hall–Kier alpha value is -3.26. The zero-order chi connectivity index (χ0) is 20.0. The molecule has 1 amide bonds. The number of hydrogen-bond acceptors (Lipinski definition) is 5. The Morgan fingerprint density at radius 3 is 2.54 bits per heavy atom.